The van der Waals surface area contributed by atoms with Gasteiger partial charge in [0.05, 0.1) is 0 Å². The fourth-order valence-electron chi connectivity index (χ4n) is 1.80. The minimum absolute atomic E-state index is 0.0250. The summed E-state index contributed by atoms with van der Waals surface area (Å²) in [6.45, 7) is 6.40. The van der Waals surface area contributed by atoms with Crippen LogP contribution in [-0.2, 0) is 0 Å². The summed E-state index contributed by atoms with van der Waals surface area (Å²) >= 11 is 3.36. The van der Waals surface area contributed by atoms with E-state index >= 15 is 0 Å². The van der Waals surface area contributed by atoms with Crippen LogP contribution in [-0.4, -0.2) is 14.1 Å². The molecule has 2 aromatic carbocycles. The molecular formula is C16H17BrO2Si. The van der Waals surface area contributed by atoms with Crippen LogP contribution in [0, 0.1) is 0 Å². The van der Waals surface area contributed by atoms with E-state index in [4.69, 9.17) is 4.43 Å². The lowest BCUT2D eigenvalue weighted by Crippen LogP contribution is -2.29. The Balaban J connectivity index is 2.17. The Morgan fingerprint density at radius 3 is 1.80 bits per heavy atom. The third-order valence-electron chi connectivity index (χ3n) is 2.65. The van der Waals surface area contributed by atoms with Gasteiger partial charge < -0.3 is 4.43 Å². The molecule has 4 heteroatoms. The second-order valence-electron chi connectivity index (χ2n) is 5.57. The molecule has 0 bridgehead atoms. The highest BCUT2D eigenvalue weighted by atomic mass is 79.9. The quantitative estimate of drug-likeness (QED) is 0.580. The van der Waals surface area contributed by atoms with Crippen LogP contribution in [0.5, 0.6) is 5.75 Å². The molecular weight excluding hydrogens is 332 g/mol. The zero-order valence-electron chi connectivity index (χ0n) is 11.8. The van der Waals surface area contributed by atoms with E-state index in [0.717, 1.165) is 10.2 Å². The molecule has 2 nitrogen and oxygen atoms in total. The molecule has 0 radical (unpaired) electrons. The first kappa shape index (κ1) is 15.0. The Labute approximate surface area is 129 Å². The van der Waals surface area contributed by atoms with E-state index in [0.29, 0.717) is 11.1 Å². The zero-order valence-corrected chi connectivity index (χ0v) is 14.4. The minimum atomic E-state index is -1.60. The van der Waals surface area contributed by atoms with Crippen LogP contribution < -0.4 is 4.43 Å². The summed E-state index contributed by atoms with van der Waals surface area (Å²) < 4.78 is 6.84. The molecule has 0 heterocycles. The van der Waals surface area contributed by atoms with E-state index in [1.807, 2.05) is 48.5 Å². The molecule has 0 saturated carbocycles. The number of benzene rings is 2. The van der Waals surface area contributed by atoms with Gasteiger partial charge >= 0.3 is 0 Å². The monoisotopic (exact) mass is 348 g/mol. The molecule has 0 spiro atoms. The van der Waals surface area contributed by atoms with Gasteiger partial charge in [0.15, 0.2) is 5.78 Å². The average Bonchev–Trinajstić information content (AvgIpc) is 2.38. The van der Waals surface area contributed by atoms with Crippen LogP contribution in [0.25, 0.3) is 0 Å². The summed E-state index contributed by atoms with van der Waals surface area (Å²) in [4.78, 5) is 12.3. The van der Waals surface area contributed by atoms with E-state index in [-0.39, 0.29) is 5.78 Å². The topological polar surface area (TPSA) is 26.3 Å². The number of hydrogen-bond acceptors (Lipinski definition) is 2. The van der Waals surface area contributed by atoms with E-state index < -0.39 is 8.32 Å². The van der Waals surface area contributed by atoms with Gasteiger partial charge in [-0.25, -0.2) is 0 Å². The van der Waals surface area contributed by atoms with E-state index in [1.165, 1.54) is 0 Å². The summed E-state index contributed by atoms with van der Waals surface area (Å²) in [5.41, 5.74) is 1.36. The molecule has 0 aliphatic rings. The maximum Gasteiger partial charge on any atom is 0.242 e. The first-order chi connectivity index (χ1) is 9.35. The molecule has 0 fully saturated rings. The lowest BCUT2D eigenvalue weighted by atomic mass is 10.0. The Bertz CT molecular complexity index is 598. The van der Waals surface area contributed by atoms with Crippen molar-refractivity contribution in [2.24, 2.45) is 0 Å². The molecule has 0 unspecified atom stereocenters. The van der Waals surface area contributed by atoms with Gasteiger partial charge in [0, 0.05) is 15.6 Å². The van der Waals surface area contributed by atoms with Gasteiger partial charge in [-0.3, -0.25) is 4.79 Å². The molecule has 0 atom stereocenters. The largest absolute Gasteiger partial charge is 0.544 e. The van der Waals surface area contributed by atoms with Crippen molar-refractivity contribution in [1.29, 1.82) is 0 Å². The molecule has 2 rings (SSSR count). The van der Waals surface area contributed by atoms with Crippen molar-refractivity contribution >= 4 is 30.0 Å². The molecule has 0 saturated heterocycles. The Morgan fingerprint density at radius 1 is 0.900 bits per heavy atom. The number of halogens is 1. The van der Waals surface area contributed by atoms with Crippen molar-refractivity contribution in [3.63, 3.8) is 0 Å². The standard InChI is InChI=1S/C16H17BrO2Si/c1-20(2,3)19-15-10-6-13(7-11-15)16(18)12-4-8-14(17)9-5-12/h4-11H,1-3H3. The van der Waals surface area contributed by atoms with Crippen molar-refractivity contribution in [3.05, 3.63) is 64.1 Å². The highest BCUT2D eigenvalue weighted by Gasteiger charge is 2.16. The molecule has 0 aliphatic heterocycles. The van der Waals surface area contributed by atoms with E-state index in [2.05, 4.69) is 35.6 Å². The number of hydrogen-bond donors (Lipinski definition) is 0. The Hall–Kier alpha value is -1.39. The fourth-order valence-corrected chi connectivity index (χ4v) is 2.90. The van der Waals surface area contributed by atoms with Gasteiger partial charge in [0.1, 0.15) is 5.75 Å². The third kappa shape index (κ3) is 4.05. The molecule has 0 N–H and O–H groups in total. The van der Waals surface area contributed by atoms with Crippen LogP contribution in [0.2, 0.25) is 19.6 Å². The molecule has 0 amide bonds. The highest BCUT2D eigenvalue weighted by molar-refractivity contribution is 9.10. The van der Waals surface area contributed by atoms with E-state index in [9.17, 15) is 4.79 Å². The van der Waals surface area contributed by atoms with Crippen LogP contribution >= 0.6 is 15.9 Å². The molecule has 20 heavy (non-hydrogen) atoms. The molecule has 0 aromatic heterocycles. The first-order valence-electron chi connectivity index (χ1n) is 6.44. The summed E-state index contributed by atoms with van der Waals surface area (Å²) in [6, 6.07) is 14.7. The normalized spacial score (nSPS) is 11.2. The second kappa shape index (κ2) is 5.93. The van der Waals surface area contributed by atoms with Crippen LogP contribution in [0.3, 0.4) is 0 Å². The SMILES string of the molecule is C[Si](C)(C)Oc1ccc(C(=O)c2ccc(Br)cc2)cc1. The van der Waals surface area contributed by atoms with Gasteiger partial charge in [-0.1, -0.05) is 15.9 Å². The lowest BCUT2D eigenvalue weighted by molar-refractivity contribution is 0.103. The van der Waals surface area contributed by atoms with Gasteiger partial charge in [-0.05, 0) is 68.2 Å². The van der Waals surface area contributed by atoms with Crippen molar-refractivity contribution in [1.82, 2.24) is 0 Å². The summed E-state index contributed by atoms with van der Waals surface area (Å²) in [7, 11) is -1.60. The third-order valence-corrected chi connectivity index (χ3v) is 4.02. The molecule has 2 aromatic rings. The van der Waals surface area contributed by atoms with Crippen molar-refractivity contribution < 1.29 is 9.22 Å². The predicted octanol–water partition coefficient (Wildman–Crippen LogP) is 4.89. The zero-order chi connectivity index (χ0) is 14.8. The Morgan fingerprint density at radius 2 is 1.35 bits per heavy atom. The van der Waals surface area contributed by atoms with Crippen LogP contribution in [0.15, 0.2) is 53.0 Å². The lowest BCUT2D eigenvalue weighted by Gasteiger charge is -2.19. The maximum atomic E-state index is 12.3. The van der Waals surface area contributed by atoms with Crippen molar-refractivity contribution in [3.8, 4) is 5.75 Å². The van der Waals surface area contributed by atoms with Crippen molar-refractivity contribution in [2.45, 2.75) is 19.6 Å². The van der Waals surface area contributed by atoms with Crippen molar-refractivity contribution in [2.75, 3.05) is 0 Å². The predicted molar refractivity (Wildman–Crippen MR) is 88.0 cm³/mol. The van der Waals surface area contributed by atoms with Crippen LogP contribution in [0.1, 0.15) is 15.9 Å². The summed E-state index contributed by atoms with van der Waals surface area (Å²) in [5, 5.41) is 0. The maximum absolute atomic E-state index is 12.3. The fraction of sp³-hybridized carbons (Fsp3) is 0.188. The Kier molecular flexibility index (Phi) is 4.45. The molecule has 104 valence electrons. The van der Waals surface area contributed by atoms with Gasteiger partial charge in [0.2, 0.25) is 8.32 Å². The first-order valence-corrected chi connectivity index (χ1v) is 10.6. The summed E-state index contributed by atoms with van der Waals surface area (Å²) in [5.74, 6) is 0.855. The highest BCUT2D eigenvalue weighted by Crippen LogP contribution is 2.19. The smallest absolute Gasteiger partial charge is 0.242 e. The number of carbonyl (C=O) groups excluding carboxylic acids is 1. The van der Waals surface area contributed by atoms with Crippen LogP contribution in [0.4, 0.5) is 0 Å². The number of ketones is 1. The second-order valence-corrected chi connectivity index (χ2v) is 10.9. The number of rotatable bonds is 4. The molecule has 0 aliphatic carbocycles. The van der Waals surface area contributed by atoms with Gasteiger partial charge in [-0.2, -0.15) is 0 Å². The van der Waals surface area contributed by atoms with Gasteiger partial charge in [-0.15, -0.1) is 0 Å². The van der Waals surface area contributed by atoms with Gasteiger partial charge in [0.25, 0.3) is 0 Å². The minimum Gasteiger partial charge on any atom is -0.544 e. The summed E-state index contributed by atoms with van der Waals surface area (Å²) in [6.07, 6.45) is 0. The van der Waals surface area contributed by atoms with E-state index in [1.54, 1.807) is 0 Å². The average molecular weight is 349 g/mol. The number of carbonyl (C=O) groups is 1.